The minimum absolute atomic E-state index is 0.0776. The molecular formula is C14H15N3O7. The van der Waals surface area contributed by atoms with Gasteiger partial charge in [-0.3, -0.25) is 29.4 Å². The van der Waals surface area contributed by atoms with Gasteiger partial charge in [-0.1, -0.05) is 0 Å². The Morgan fingerprint density at radius 3 is 2.83 bits per heavy atom. The standard InChI is InChI=1S/C14H15N3O7/c18-12(15-5-1-2-14(20)21)7-16-10-6-9(17(22)23)3-4-11(10)24-8-13(16)19/h3-4,6H,1-2,5,7-8H2,(H,15,18)(H,20,21). The van der Waals surface area contributed by atoms with Crippen LogP contribution in [-0.2, 0) is 14.4 Å². The van der Waals surface area contributed by atoms with Crippen molar-refractivity contribution in [2.45, 2.75) is 12.8 Å². The number of non-ortho nitro benzene ring substituents is 1. The first-order valence-corrected chi connectivity index (χ1v) is 7.08. The van der Waals surface area contributed by atoms with Gasteiger partial charge in [0.05, 0.1) is 10.6 Å². The molecule has 0 unspecified atom stereocenters. The predicted molar refractivity (Wildman–Crippen MR) is 80.8 cm³/mol. The van der Waals surface area contributed by atoms with Crippen molar-refractivity contribution in [2.75, 3.05) is 24.6 Å². The number of amides is 2. The van der Waals surface area contributed by atoms with Gasteiger partial charge < -0.3 is 15.2 Å². The average Bonchev–Trinajstić information content (AvgIpc) is 2.53. The van der Waals surface area contributed by atoms with Crippen molar-refractivity contribution in [1.82, 2.24) is 5.32 Å². The Labute approximate surface area is 136 Å². The van der Waals surface area contributed by atoms with Crippen LogP contribution < -0.4 is 15.0 Å². The second kappa shape index (κ2) is 7.40. The summed E-state index contributed by atoms with van der Waals surface area (Å²) < 4.78 is 5.20. The number of nitro groups is 1. The molecule has 128 valence electrons. The van der Waals surface area contributed by atoms with Gasteiger partial charge in [0, 0.05) is 25.1 Å². The van der Waals surface area contributed by atoms with Crippen molar-refractivity contribution in [1.29, 1.82) is 0 Å². The van der Waals surface area contributed by atoms with Crippen molar-refractivity contribution >= 4 is 29.2 Å². The Morgan fingerprint density at radius 1 is 1.42 bits per heavy atom. The maximum absolute atomic E-state index is 12.0. The van der Waals surface area contributed by atoms with E-state index in [1.54, 1.807) is 0 Å². The van der Waals surface area contributed by atoms with Crippen molar-refractivity contribution < 1.29 is 29.2 Å². The number of nitrogens with one attached hydrogen (secondary N) is 1. The molecule has 10 heteroatoms. The molecule has 1 aliphatic rings. The molecule has 0 aromatic heterocycles. The van der Waals surface area contributed by atoms with Gasteiger partial charge in [-0.05, 0) is 12.5 Å². The van der Waals surface area contributed by atoms with Crippen LogP contribution >= 0.6 is 0 Å². The molecule has 1 aromatic rings. The molecule has 0 radical (unpaired) electrons. The summed E-state index contributed by atoms with van der Waals surface area (Å²) in [6, 6.07) is 3.79. The third-order valence-corrected chi connectivity index (χ3v) is 3.29. The molecule has 1 aliphatic heterocycles. The van der Waals surface area contributed by atoms with Gasteiger partial charge in [0.15, 0.2) is 6.61 Å². The summed E-state index contributed by atoms with van der Waals surface area (Å²) in [6.07, 6.45) is 0.186. The molecule has 0 saturated heterocycles. The zero-order valence-corrected chi connectivity index (χ0v) is 12.6. The Balaban J connectivity index is 2.06. The predicted octanol–water partition coefficient (Wildman–Crippen LogP) is 0.301. The van der Waals surface area contributed by atoms with Gasteiger partial charge in [0.1, 0.15) is 12.3 Å². The number of carbonyl (C=O) groups excluding carboxylic acids is 2. The molecule has 0 spiro atoms. The number of carbonyl (C=O) groups is 3. The molecule has 24 heavy (non-hydrogen) atoms. The third-order valence-electron chi connectivity index (χ3n) is 3.29. The number of anilines is 1. The lowest BCUT2D eigenvalue weighted by Gasteiger charge is -2.28. The third kappa shape index (κ3) is 4.18. The van der Waals surface area contributed by atoms with Gasteiger partial charge in [-0.25, -0.2) is 0 Å². The lowest BCUT2D eigenvalue weighted by Crippen LogP contribution is -2.45. The number of ether oxygens (including phenoxy) is 1. The number of hydrogen-bond donors (Lipinski definition) is 2. The van der Waals surface area contributed by atoms with Crippen LogP contribution in [0.4, 0.5) is 11.4 Å². The average molecular weight is 337 g/mol. The van der Waals surface area contributed by atoms with Crippen molar-refractivity contribution in [3.63, 3.8) is 0 Å². The molecule has 2 N–H and O–H groups in total. The maximum Gasteiger partial charge on any atom is 0.303 e. The van der Waals surface area contributed by atoms with Crippen LogP contribution in [0.2, 0.25) is 0 Å². The fourth-order valence-corrected chi connectivity index (χ4v) is 2.14. The molecule has 0 aliphatic carbocycles. The highest BCUT2D eigenvalue weighted by Gasteiger charge is 2.29. The highest BCUT2D eigenvalue weighted by atomic mass is 16.6. The molecule has 0 bridgehead atoms. The van der Waals surface area contributed by atoms with E-state index in [4.69, 9.17) is 9.84 Å². The van der Waals surface area contributed by atoms with E-state index < -0.39 is 22.7 Å². The van der Waals surface area contributed by atoms with E-state index in [0.29, 0.717) is 0 Å². The number of nitro benzene ring substituents is 1. The Morgan fingerprint density at radius 2 is 2.17 bits per heavy atom. The summed E-state index contributed by atoms with van der Waals surface area (Å²) in [5.74, 6) is -1.68. The largest absolute Gasteiger partial charge is 0.482 e. The zero-order valence-electron chi connectivity index (χ0n) is 12.6. The summed E-state index contributed by atoms with van der Waals surface area (Å²) in [6.45, 7) is -0.438. The van der Waals surface area contributed by atoms with Gasteiger partial charge in [0.2, 0.25) is 5.91 Å². The molecule has 2 rings (SSSR count). The summed E-state index contributed by atoms with van der Waals surface area (Å²) in [4.78, 5) is 45.6. The minimum atomic E-state index is -0.964. The number of nitrogens with zero attached hydrogens (tertiary/aromatic N) is 2. The van der Waals surface area contributed by atoms with E-state index in [9.17, 15) is 24.5 Å². The second-order valence-electron chi connectivity index (χ2n) is 5.02. The highest BCUT2D eigenvalue weighted by Crippen LogP contribution is 2.34. The Hall–Kier alpha value is -3.17. The van der Waals surface area contributed by atoms with E-state index in [1.807, 2.05) is 0 Å². The quantitative estimate of drug-likeness (QED) is 0.414. The van der Waals surface area contributed by atoms with Crippen LogP contribution in [0.5, 0.6) is 5.75 Å². The minimum Gasteiger partial charge on any atom is -0.482 e. The van der Waals surface area contributed by atoms with Gasteiger partial charge in [-0.15, -0.1) is 0 Å². The first-order chi connectivity index (χ1) is 11.4. The first-order valence-electron chi connectivity index (χ1n) is 7.08. The normalized spacial score (nSPS) is 13.0. The molecule has 0 fully saturated rings. The zero-order chi connectivity index (χ0) is 17.7. The smallest absolute Gasteiger partial charge is 0.303 e. The topological polar surface area (TPSA) is 139 Å². The van der Waals surface area contributed by atoms with Gasteiger partial charge in [0.25, 0.3) is 11.6 Å². The highest BCUT2D eigenvalue weighted by molar-refractivity contribution is 6.02. The monoisotopic (exact) mass is 337 g/mol. The van der Waals surface area contributed by atoms with Crippen LogP contribution in [0.25, 0.3) is 0 Å². The van der Waals surface area contributed by atoms with Crippen molar-refractivity contribution in [3.8, 4) is 5.75 Å². The number of hydrogen-bond acceptors (Lipinski definition) is 6. The Kier molecular flexibility index (Phi) is 5.30. The van der Waals surface area contributed by atoms with Crippen LogP contribution in [0.1, 0.15) is 12.8 Å². The van der Waals surface area contributed by atoms with E-state index in [2.05, 4.69) is 5.32 Å². The van der Waals surface area contributed by atoms with E-state index in [1.165, 1.54) is 18.2 Å². The SMILES string of the molecule is O=C(O)CCCNC(=O)CN1C(=O)COc2ccc([N+](=O)[O-])cc21. The number of benzene rings is 1. The molecule has 1 aromatic carbocycles. The Bertz CT molecular complexity index is 689. The second-order valence-corrected chi connectivity index (χ2v) is 5.02. The van der Waals surface area contributed by atoms with Crippen LogP contribution in [-0.4, -0.2) is 47.5 Å². The number of carboxylic acid groups (broad SMARTS) is 1. The van der Waals surface area contributed by atoms with E-state index in [0.717, 1.165) is 4.90 Å². The van der Waals surface area contributed by atoms with E-state index in [-0.39, 0.29) is 49.7 Å². The molecule has 0 saturated carbocycles. The van der Waals surface area contributed by atoms with Gasteiger partial charge in [-0.2, -0.15) is 0 Å². The van der Waals surface area contributed by atoms with Crippen molar-refractivity contribution in [2.24, 2.45) is 0 Å². The van der Waals surface area contributed by atoms with Crippen LogP contribution in [0.3, 0.4) is 0 Å². The van der Waals surface area contributed by atoms with Gasteiger partial charge >= 0.3 is 5.97 Å². The number of rotatable bonds is 7. The summed E-state index contributed by atoms with van der Waals surface area (Å²) in [5.41, 5.74) is -0.0694. The number of fused-ring (bicyclic) bond motifs is 1. The summed E-state index contributed by atoms with van der Waals surface area (Å²) in [7, 11) is 0. The fraction of sp³-hybridized carbons (Fsp3) is 0.357. The first kappa shape index (κ1) is 17.2. The fourth-order valence-electron chi connectivity index (χ4n) is 2.14. The lowest BCUT2D eigenvalue weighted by molar-refractivity contribution is -0.384. The van der Waals surface area contributed by atoms with Crippen LogP contribution in [0.15, 0.2) is 18.2 Å². The lowest BCUT2D eigenvalue weighted by atomic mass is 10.2. The van der Waals surface area contributed by atoms with Crippen LogP contribution in [0, 0.1) is 10.1 Å². The number of aliphatic carboxylic acids is 1. The molecule has 2 amide bonds. The van der Waals surface area contributed by atoms with Crippen molar-refractivity contribution in [3.05, 3.63) is 28.3 Å². The number of carboxylic acids is 1. The molecular weight excluding hydrogens is 322 g/mol. The molecule has 0 atom stereocenters. The molecule has 10 nitrogen and oxygen atoms in total. The maximum atomic E-state index is 12.0. The molecule has 1 heterocycles. The van der Waals surface area contributed by atoms with E-state index >= 15 is 0 Å². The summed E-state index contributed by atoms with van der Waals surface area (Å²) >= 11 is 0. The summed E-state index contributed by atoms with van der Waals surface area (Å²) in [5, 5.41) is 21.9.